The summed E-state index contributed by atoms with van der Waals surface area (Å²) in [4.78, 5) is 12.3. The van der Waals surface area contributed by atoms with E-state index in [0.29, 0.717) is 17.5 Å². The van der Waals surface area contributed by atoms with E-state index < -0.39 is 11.5 Å². The summed E-state index contributed by atoms with van der Waals surface area (Å²) in [6, 6.07) is 5.76. The Morgan fingerprint density at radius 3 is 2.47 bits per heavy atom. The average Bonchev–Trinajstić information content (AvgIpc) is 2.25. The normalized spacial score (nSPS) is 13.0. The van der Waals surface area contributed by atoms with Crippen molar-refractivity contribution >= 4 is 5.78 Å². The number of hydrogen-bond donors (Lipinski definition) is 2. The largest absolute Gasteiger partial charge is 0.872 e. The molecule has 2 N–H and O–H groups in total. The van der Waals surface area contributed by atoms with Crippen molar-refractivity contribution in [2.75, 3.05) is 0 Å². The fraction of sp³-hybridized carbons (Fsp3) is 0.133. The van der Waals surface area contributed by atoms with Crippen LogP contribution >= 0.6 is 0 Å². The minimum atomic E-state index is -0.509. The topological polar surface area (TPSA) is 80.6 Å². The molecule has 1 aliphatic carbocycles. The Morgan fingerprint density at radius 2 is 1.74 bits per heavy atom. The molecule has 0 atom stereocenters. The standard InChI is InChI=1S/C15H12O4/c1-7-2-8-4-9-5-10(16)6-12(18)14(9)15(19)13(8)11(17)3-7/h2-3,5-6,16-18H,4H2,1H3/p-1. The molecular weight excluding hydrogens is 244 g/mol. The lowest BCUT2D eigenvalue weighted by Gasteiger charge is -2.24. The summed E-state index contributed by atoms with van der Waals surface area (Å²) in [6.45, 7) is 1.82. The highest BCUT2D eigenvalue weighted by molar-refractivity contribution is 6.15. The maximum atomic E-state index is 12.3. The third kappa shape index (κ3) is 1.64. The van der Waals surface area contributed by atoms with Gasteiger partial charge in [0.05, 0.1) is 5.56 Å². The smallest absolute Gasteiger partial charge is 0.196 e. The second-order valence-corrected chi connectivity index (χ2v) is 4.80. The number of phenolic OH excluding ortho intramolecular Hbond substituents is 2. The van der Waals surface area contributed by atoms with Gasteiger partial charge in [0.2, 0.25) is 0 Å². The van der Waals surface area contributed by atoms with Gasteiger partial charge >= 0.3 is 0 Å². The predicted molar refractivity (Wildman–Crippen MR) is 66.6 cm³/mol. The van der Waals surface area contributed by atoms with Crippen molar-refractivity contribution in [3.63, 3.8) is 0 Å². The molecule has 0 bridgehead atoms. The van der Waals surface area contributed by atoms with Crippen molar-refractivity contribution < 1.29 is 20.1 Å². The van der Waals surface area contributed by atoms with Gasteiger partial charge in [-0.1, -0.05) is 11.8 Å². The lowest BCUT2D eigenvalue weighted by atomic mass is 9.83. The number of phenols is 2. The summed E-state index contributed by atoms with van der Waals surface area (Å²) in [7, 11) is 0. The lowest BCUT2D eigenvalue weighted by Crippen LogP contribution is -2.18. The minimum Gasteiger partial charge on any atom is -0.872 e. The van der Waals surface area contributed by atoms with Crippen molar-refractivity contribution in [2.45, 2.75) is 13.3 Å². The van der Waals surface area contributed by atoms with Gasteiger partial charge in [0, 0.05) is 5.56 Å². The van der Waals surface area contributed by atoms with E-state index in [1.54, 1.807) is 0 Å². The number of aromatic hydroxyl groups is 2. The zero-order valence-electron chi connectivity index (χ0n) is 10.2. The first-order valence-electron chi connectivity index (χ1n) is 5.87. The van der Waals surface area contributed by atoms with Crippen LogP contribution < -0.4 is 5.11 Å². The fourth-order valence-corrected chi connectivity index (χ4v) is 2.63. The molecule has 0 fully saturated rings. The van der Waals surface area contributed by atoms with Crippen LogP contribution in [-0.4, -0.2) is 16.0 Å². The number of carbonyl (C=O) groups excluding carboxylic acids is 1. The molecule has 19 heavy (non-hydrogen) atoms. The van der Waals surface area contributed by atoms with Crippen LogP contribution in [0, 0.1) is 6.92 Å². The molecule has 0 heterocycles. The number of benzene rings is 2. The summed E-state index contributed by atoms with van der Waals surface area (Å²) in [5.74, 6) is -1.22. The van der Waals surface area contributed by atoms with E-state index >= 15 is 0 Å². The number of aryl methyl sites for hydroxylation is 1. The van der Waals surface area contributed by atoms with Gasteiger partial charge in [-0.05, 0) is 48.2 Å². The molecule has 4 heteroatoms. The monoisotopic (exact) mass is 255 g/mol. The predicted octanol–water partition coefficient (Wildman–Crippen LogP) is 1.62. The average molecular weight is 255 g/mol. The second kappa shape index (κ2) is 3.75. The van der Waals surface area contributed by atoms with Gasteiger partial charge in [0.15, 0.2) is 5.78 Å². The van der Waals surface area contributed by atoms with Gasteiger partial charge in [-0.3, -0.25) is 4.79 Å². The molecule has 0 aliphatic heterocycles. The molecule has 0 saturated carbocycles. The summed E-state index contributed by atoms with van der Waals surface area (Å²) >= 11 is 0. The molecule has 4 nitrogen and oxygen atoms in total. The van der Waals surface area contributed by atoms with Gasteiger partial charge in [-0.25, -0.2) is 0 Å². The van der Waals surface area contributed by atoms with Crippen molar-refractivity contribution in [3.05, 3.63) is 52.1 Å². The van der Waals surface area contributed by atoms with Crippen LogP contribution in [0.5, 0.6) is 17.2 Å². The SMILES string of the molecule is Cc1cc(O)c2c(c1)Cc1cc(O)cc([O-])c1C2=O. The first kappa shape index (κ1) is 11.6. The molecule has 2 aromatic rings. The zero-order chi connectivity index (χ0) is 13.7. The highest BCUT2D eigenvalue weighted by Gasteiger charge is 2.27. The van der Waals surface area contributed by atoms with E-state index in [1.165, 1.54) is 12.1 Å². The zero-order valence-corrected chi connectivity index (χ0v) is 10.2. The summed E-state index contributed by atoms with van der Waals surface area (Å²) in [6.07, 6.45) is 0.356. The molecular formula is C15H11O4-. The maximum Gasteiger partial charge on any atom is 0.196 e. The summed E-state index contributed by atoms with van der Waals surface area (Å²) in [5, 5.41) is 31.2. The van der Waals surface area contributed by atoms with E-state index in [1.807, 2.05) is 13.0 Å². The Morgan fingerprint density at radius 1 is 1.05 bits per heavy atom. The van der Waals surface area contributed by atoms with Crippen LogP contribution in [0.1, 0.15) is 32.6 Å². The van der Waals surface area contributed by atoms with Crippen LogP contribution in [0.15, 0.2) is 24.3 Å². The number of carbonyl (C=O) groups is 1. The van der Waals surface area contributed by atoms with E-state index in [0.717, 1.165) is 11.6 Å². The number of hydrogen-bond acceptors (Lipinski definition) is 4. The molecule has 0 unspecified atom stereocenters. The van der Waals surface area contributed by atoms with Crippen LogP contribution in [0.25, 0.3) is 0 Å². The van der Waals surface area contributed by atoms with Crippen molar-refractivity contribution in [1.29, 1.82) is 0 Å². The van der Waals surface area contributed by atoms with Crippen LogP contribution in [0.3, 0.4) is 0 Å². The Hall–Kier alpha value is -2.49. The van der Waals surface area contributed by atoms with Crippen molar-refractivity contribution in [3.8, 4) is 17.2 Å². The van der Waals surface area contributed by atoms with Gasteiger partial charge in [0.1, 0.15) is 11.5 Å². The van der Waals surface area contributed by atoms with Crippen molar-refractivity contribution in [1.82, 2.24) is 0 Å². The van der Waals surface area contributed by atoms with Gasteiger partial charge in [0.25, 0.3) is 0 Å². The summed E-state index contributed by atoms with van der Waals surface area (Å²) in [5.41, 5.74) is 2.27. The van der Waals surface area contributed by atoms with Crippen LogP contribution in [0.2, 0.25) is 0 Å². The maximum absolute atomic E-state index is 12.3. The van der Waals surface area contributed by atoms with E-state index in [9.17, 15) is 20.1 Å². The molecule has 0 radical (unpaired) electrons. The number of rotatable bonds is 0. The first-order chi connectivity index (χ1) is 8.97. The van der Waals surface area contributed by atoms with E-state index in [4.69, 9.17) is 0 Å². The molecule has 0 spiro atoms. The number of fused-ring (bicyclic) bond motifs is 2. The van der Waals surface area contributed by atoms with Gasteiger partial charge < -0.3 is 15.3 Å². The molecule has 2 aromatic carbocycles. The molecule has 3 rings (SSSR count). The third-order valence-corrected chi connectivity index (χ3v) is 3.35. The Balaban J connectivity index is 2.29. The molecule has 96 valence electrons. The molecule has 0 aromatic heterocycles. The minimum absolute atomic E-state index is 0.0458. The molecule has 0 amide bonds. The Labute approximate surface area is 109 Å². The number of ketones is 1. The third-order valence-electron chi connectivity index (χ3n) is 3.35. The highest BCUT2D eigenvalue weighted by atomic mass is 16.3. The fourth-order valence-electron chi connectivity index (χ4n) is 2.63. The van der Waals surface area contributed by atoms with Gasteiger partial charge in [-0.15, -0.1) is 0 Å². The second-order valence-electron chi connectivity index (χ2n) is 4.80. The van der Waals surface area contributed by atoms with Crippen LogP contribution in [0.4, 0.5) is 0 Å². The Kier molecular flexibility index (Phi) is 2.29. The lowest BCUT2D eigenvalue weighted by molar-refractivity contribution is -0.268. The Bertz CT molecular complexity index is 657. The van der Waals surface area contributed by atoms with Crippen molar-refractivity contribution in [2.24, 2.45) is 0 Å². The summed E-state index contributed by atoms with van der Waals surface area (Å²) < 4.78 is 0. The highest BCUT2D eigenvalue weighted by Crippen LogP contribution is 2.37. The first-order valence-corrected chi connectivity index (χ1v) is 5.87. The van der Waals surface area contributed by atoms with E-state index in [-0.39, 0.29) is 22.6 Å². The molecule has 1 aliphatic rings. The van der Waals surface area contributed by atoms with E-state index in [2.05, 4.69) is 0 Å². The van der Waals surface area contributed by atoms with Gasteiger partial charge in [-0.2, -0.15) is 0 Å². The molecule has 0 saturated heterocycles. The quantitative estimate of drug-likeness (QED) is 0.639. The van der Waals surface area contributed by atoms with Crippen LogP contribution in [-0.2, 0) is 6.42 Å².